The van der Waals surface area contributed by atoms with Crippen molar-refractivity contribution < 1.29 is 22.9 Å². The lowest BCUT2D eigenvalue weighted by molar-refractivity contribution is -0.128. The maximum absolute atomic E-state index is 14.2. The number of aromatic nitrogens is 1. The van der Waals surface area contributed by atoms with Crippen LogP contribution in [0.1, 0.15) is 60.1 Å². The summed E-state index contributed by atoms with van der Waals surface area (Å²) in [6.07, 6.45) is 7.31. The summed E-state index contributed by atoms with van der Waals surface area (Å²) in [6.45, 7) is 3.94. The highest BCUT2D eigenvalue weighted by Gasteiger charge is 2.38. The summed E-state index contributed by atoms with van der Waals surface area (Å²) < 4.78 is 32.7. The molecular formula is C31H36F2N4O3. The van der Waals surface area contributed by atoms with Gasteiger partial charge in [-0.2, -0.15) is 0 Å². The summed E-state index contributed by atoms with van der Waals surface area (Å²) in [5, 5.41) is 9.90. The van der Waals surface area contributed by atoms with Crippen molar-refractivity contribution in [3.05, 3.63) is 77.0 Å². The maximum atomic E-state index is 14.2. The SMILES string of the molecule is Cc1cccc(CCNC(=O)[C@@H]2CN(C3CCCCC3)CC[C@H]2NC(=O)c2cc(-c3ccc(F)cc3F)on2)c1. The molecule has 9 heteroatoms. The van der Waals surface area contributed by atoms with E-state index in [-0.39, 0.29) is 29.0 Å². The molecule has 1 saturated carbocycles. The third kappa shape index (κ3) is 6.75. The lowest BCUT2D eigenvalue weighted by atomic mass is 9.87. The van der Waals surface area contributed by atoms with Gasteiger partial charge in [0, 0.05) is 43.9 Å². The molecule has 7 nitrogen and oxygen atoms in total. The summed E-state index contributed by atoms with van der Waals surface area (Å²) in [6, 6.07) is 12.8. The number of carbonyl (C=O) groups excluding carboxylic acids is 2. The lowest BCUT2D eigenvalue weighted by Gasteiger charge is -2.43. The Morgan fingerprint density at radius 3 is 2.65 bits per heavy atom. The number of nitrogens with zero attached hydrogens (tertiary/aromatic N) is 2. The van der Waals surface area contributed by atoms with Crippen molar-refractivity contribution in [3.8, 4) is 11.3 Å². The first-order chi connectivity index (χ1) is 19.4. The zero-order chi connectivity index (χ0) is 28.1. The van der Waals surface area contributed by atoms with Crippen molar-refractivity contribution >= 4 is 11.8 Å². The number of amides is 2. The van der Waals surface area contributed by atoms with Crippen LogP contribution < -0.4 is 10.6 Å². The van der Waals surface area contributed by atoms with Crippen LogP contribution in [0.4, 0.5) is 8.78 Å². The second kappa shape index (κ2) is 12.7. The predicted molar refractivity (Wildman–Crippen MR) is 148 cm³/mol. The van der Waals surface area contributed by atoms with Crippen molar-refractivity contribution in [2.45, 2.75) is 64.0 Å². The van der Waals surface area contributed by atoms with Gasteiger partial charge in [0.15, 0.2) is 11.5 Å². The smallest absolute Gasteiger partial charge is 0.273 e. The minimum Gasteiger partial charge on any atom is -0.355 e. The van der Waals surface area contributed by atoms with Crippen LogP contribution in [0.2, 0.25) is 0 Å². The van der Waals surface area contributed by atoms with Gasteiger partial charge in [0.1, 0.15) is 11.6 Å². The standard InChI is InChI=1S/C31H36F2N4O3/c1-20-6-5-7-21(16-20)12-14-34-30(38)25-19-37(23-8-3-2-4-9-23)15-13-27(25)35-31(39)28-18-29(40-36-28)24-11-10-22(32)17-26(24)33/h5-7,10-11,16-18,23,25,27H,2-4,8-9,12-15,19H2,1H3,(H,34,38)(H,35,39)/t25-,27-/m1/s1. The molecule has 0 unspecified atom stereocenters. The Hall–Kier alpha value is -3.59. The Labute approximate surface area is 233 Å². The van der Waals surface area contributed by atoms with Crippen LogP contribution in [0.3, 0.4) is 0 Å². The molecule has 40 heavy (non-hydrogen) atoms. The number of likely N-dealkylation sites (tertiary alicyclic amines) is 1. The van der Waals surface area contributed by atoms with E-state index >= 15 is 0 Å². The zero-order valence-corrected chi connectivity index (χ0v) is 22.8. The number of carbonyl (C=O) groups is 2. The molecule has 2 fully saturated rings. The zero-order valence-electron chi connectivity index (χ0n) is 22.8. The van der Waals surface area contributed by atoms with Gasteiger partial charge < -0.3 is 15.2 Å². The van der Waals surface area contributed by atoms with Gasteiger partial charge in [0.25, 0.3) is 5.91 Å². The van der Waals surface area contributed by atoms with Crippen molar-refractivity contribution in [1.29, 1.82) is 0 Å². The van der Waals surface area contributed by atoms with Crippen molar-refractivity contribution in [1.82, 2.24) is 20.7 Å². The van der Waals surface area contributed by atoms with Gasteiger partial charge >= 0.3 is 0 Å². The molecule has 2 aromatic carbocycles. The van der Waals surface area contributed by atoms with E-state index in [4.69, 9.17) is 4.52 Å². The van der Waals surface area contributed by atoms with E-state index in [1.165, 1.54) is 37.0 Å². The first-order valence-electron chi connectivity index (χ1n) is 14.2. The van der Waals surface area contributed by atoms with Crippen LogP contribution in [0.15, 0.2) is 53.1 Å². The second-order valence-corrected chi connectivity index (χ2v) is 11.0. The van der Waals surface area contributed by atoms with E-state index in [1.54, 1.807) is 0 Å². The normalized spacial score (nSPS) is 20.3. The molecular weight excluding hydrogens is 514 g/mol. The van der Waals surface area contributed by atoms with Gasteiger partial charge in [-0.25, -0.2) is 8.78 Å². The second-order valence-electron chi connectivity index (χ2n) is 11.0. The van der Waals surface area contributed by atoms with E-state index in [9.17, 15) is 18.4 Å². The van der Waals surface area contributed by atoms with Crippen LogP contribution in [-0.2, 0) is 11.2 Å². The maximum Gasteiger partial charge on any atom is 0.273 e. The number of halogens is 2. The average Bonchev–Trinajstić information content (AvgIpc) is 3.44. The number of piperidine rings is 1. The molecule has 212 valence electrons. The molecule has 0 spiro atoms. The predicted octanol–water partition coefficient (Wildman–Crippen LogP) is 5.04. The molecule has 3 aromatic rings. The van der Waals surface area contributed by atoms with Crippen LogP contribution in [0, 0.1) is 24.5 Å². The summed E-state index contributed by atoms with van der Waals surface area (Å²) in [4.78, 5) is 29.0. The minimum atomic E-state index is -0.805. The van der Waals surface area contributed by atoms with E-state index in [0.29, 0.717) is 25.6 Å². The number of hydrogen-bond acceptors (Lipinski definition) is 5. The summed E-state index contributed by atoms with van der Waals surface area (Å²) >= 11 is 0. The van der Waals surface area contributed by atoms with E-state index in [2.05, 4.69) is 32.8 Å². The van der Waals surface area contributed by atoms with Crippen LogP contribution in [0.25, 0.3) is 11.3 Å². The molecule has 5 rings (SSSR count). The summed E-state index contributed by atoms with van der Waals surface area (Å²) in [5.41, 5.74) is 2.34. The van der Waals surface area contributed by atoms with Gasteiger partial charge in [-0.05, 0) is 50.3 Å². The number of rotatable bonds is 8. The fraction of sp³-hybridized carbons (Fsp3) is 0.452. The van der Waals surface area contributed by atoms with Gasteiger partial charge in [0.05, 0.1) is 11.5 Å². The fourth-order valence-electron chi connectivity index (χ4n) is 5.96. The van der Waals surface area contributed by atoms with Gasteiger partial charge in [-0.1, -0.05) is 54.2 Å². The Kier molecular flexibility index (Phi) is 8.89. The molecule has 2 heterocycles. The number of hydrogen-bond donors (Lipinski definition) is 2. The molecule has 1 aliphatic carbocycles. The molecule has 1 aliphatic heterocycles. The molecule has 0 bridgehead atoms. The topological polar surface area (TPSA) is 87.5 Å². The highest BCUT2D eigenvalue weighted by atomic mass is 19.1. The first-order valence-corrected chi connectivity index (χ1v) is 14.2. The largest absolute Gasteiger partial charge is 0.355 e. The van der Waals surface area contributed by atoms with Gasteiger partial charge in [-0.3, -0.25) is 14.5 Å². The molecule has 2 amide bonds. The monoisotopic (exact) mass is 550 g/mol. The Balaban J connectivity index is 1.26. The highest BCUT2D eigenvalue weighted by Crippen LogP contribution is 2.28. The Morgan fingerprint density at radius 2 is 1.88 bits per heavy atom. The molecule has 1 saturated heterocycles. The van der Waals surface area contributed by atoms with Gasteiger partial charge in [-0.15, -0.1) is 0 Å². The van der Waals surface area contributed by atoms with Crippen molar-refractivity contribution in [3.63, 3.8) is 0 Å². The van der Waals surface area contributed by atoms with E-state index in [1.807, 2.05) is 19.1 Å². The molecule has 2 aliphatic rings. The average molecular weight is 551 g/mol. The van der Waals surface area contributed by atoms with E-state index < -0.39 is 23.5 Å². The molecule has 2 N–H and O–H groups in total. The van der Waals surface area contributed by atoms with Crippen LogP contribution in [0.5, 0.6) is 0 Å². The van der Waals surface area contributed by atoms with Crippen molar-refractivity contribution in [2.75, 3.05) is 19.6 Å². The Bertz CT molecular complexity index is 1340. The fourth-order valence-corrected chi connectivity index (χ4v) is 5.96. The minimum absolute atomic E-state index is 0.0135. The highest BCUT2D eigenvalue weighted by molar-refractivity contribution is 5.94. The molecule has 0 radical (unpaired) electrons. The summed E-state index contributed by atoms with van der Waals surface area (Å²) in [7, 11) is 0. The van der Waals surface area contributed by atoms with Crippen molar-refractivity contribution in [2.24, 2.45) is 5.92 Å². The quantitative estimate of drug-likeness (QED) is 0.410. The Morgan fingerprint density at radius 1 is 1.05 bits per heavy atom. The third-order valence-corrected chi connectivity index (χ3v) is 8.12. The lowest BCUT2D eigenvalue weighted by Crippen LogP contribution is -2.58. The number of aryl methyl sites for hydroxylation is 1. The van der Waals surface area contributed by atoms with Crippen LogP contribution >= 0.6 is 0 Å². The first kappa shape index (κ1) is 28.0. The third-order valence-electron chi connectivity index (χ3n) is 8.12. The van der Waals surface area contributed by atoms with Crippen LogP contribution in [-0.4, -0.2) is 53.6 Å². The molecule has 1 aromatic heterocycles. The molecule has 2 atom stereocenters. The van der Waals surface area contributed by atoms with Gasteiger partial charge in [0.2, 0.25) is 5.91 Å². The summed E-state index contributed by atoms with van der Waals surface area (Å²) in [5.74, 6) is -2.47. The van der Waals surface area contributed by atoms with E-state index in [0.717, 1.165) is 43.5 Å². The number of nitrogens with one attached hydrogen (secondary N) is 2. The number of benzene rings is 2.